The smallest absolute Gasteiger partial charge is 0.310 e. The number of aryl methyl sites for hydroxylation is 2. The molecular formula is C21H20N2O3. The molecule has 0 atom stereocenters. The fourth-order valence-electron chi connectivity index (χ4n) is 3.09. The Kier molecular flexibility index (Phi) is 5.65. The van der Waals surface area contributed by atoms with Gasteiger partial charge in [0, 0.05) is 5.69 Å². The van der Waals surface area contributed by atoms with Crippen LogP contribution >= 0.6 is 0 Å². The first kappa shape index (κ1) is 17.7. The Balaban J connectivity index is 1.47. The molecule has 5 heteroatoms. The Morgan fingerprint density at radius 2 is 1.77 bits per heavy atom. The van der Waals surface area contributed by atoms with E-state index in [0.717, 1.165) is 18.4 Å². The lowest BCUT2D eigenvalue weighted by molar-refractivity contribution is -0.146. The Bertz CT molecular complexity index is 851. The lowest BCUT2D eigenvalue weighted by Gasteiger charge is -2.16. The van der Waals surface area contributed by atoms with Gasteiger partial charge >= 0.3 is 5.97 Å². The molecule has 1 aliphatic rings. The molecule has 0 saturated heterocycles. The molecule has 0 heterocycles. The minimum Gasteiger partial charge on any atom is -0.455 e. The fourth-order valence-corrected chi connectivity index (χ4v) is 3.09. The van der Waals surface area contributed by atoms with Crippen LogP contribution in [0.2, 0.25) is 0 Å². The summed E-state index contributed by atoms with van der Waals surface area (Å²) in [6.45, 7) is -0.330. The molecule has 3 rings (SSSR count). The number of carbonyl (C=O) groups excluding carboxylic acids is 2. The molecule has 132 valence electrons. The highest BCUT2D eigenvalue weighted by Crippen LogP contribution is 2.22. The van der Waals surface area contributed by atoms with Crippen molar-refractivity contribution in [2.45, 2.75) is 32.1 Å². The van der Waals surface area contributed by atoms with Crippen LogP contribution in [0.3, 0.4) is 0 Å². The topological polar surface area (TPSA) is 79.2 Å². The minimum atomic E-state index is -0.421. The summed E-state index contributed by atoms with van der Waals surface area (Å²) in [6, 6.07) is 14.6. The lowest BCUT2D eigenvalue weighted by Crippen LogP contribution is -2.21. The number of benzene rings is 2. The summed E-state index contributed by atoms with van der Waals surface area (Å²) in [6.07, 6.45) is 4.75. The van der Waals surface area contributed by atoms with Gasteiger partial charge in [0.1, 0.15) is 0 Å². The van der Waals surface area contributed by atoms with Crippen LogP contribution in [0, 0.1) is 11.3 Å². The first-order valence-electron chi connectivity index (χ1n) is 8.70. The summed E-state index contributed by atoms with van der Waals surface area (Å²) in [7, 11) is 0. The fraction of sp³-hybridized carbons (Fsp3) is 0.286. The third kappa shape index (κ3) is 4.70. The van der Waals surface area contributed by atoms with Crippen LogP contribution in [0.4, 0.5) is 5.69 Å². The second kappa shape index (κ2) is 8.30. The quantitative estimate of drug-likeness (QED) is 0.842. The van der Waals surface area contributed by atoms with Gasteiger partial charge < -0.3 is 10.1 Å². The van der Waals surface area contributed by atoms with Crippen LogP contribution in [-0.2, 0) is 33.6 Å². The van der Waals surface area contributed by atoms with E-state index < -0.39 is 11.9 Å². The number of fused-ring (bicyclic) bond motifs is 1. The summed E-state index contributed by atoms with van der Waals surface area (Å²) < 4.78 is 5.07. The Labute approximate surface area is 152 Å². The maximum atomic E-state index is 12.0. The number of ether oxygens (including phenoxy) is 1. The highest BCUT2D eigenvalue weighted by atomic mass is 16.5. The van der Waals surface area contributed by atoms with Crippen molar-refractivity contribution < 1.29 is 14.3 Å². The van der Waals surface area contributed by atoms with E-state index in [4.69, 9.17) is 10.00 Å². The number of rotatable bonds is 5. The highest BCUT2D eigenvalue weighted by Gasteiger charge is 2.13. The van der Waals surface area contributed by atoms with Crippen molar-refractivity contribution in [2.75, 3.05) is 11.9 Å². The van der Waals surface area contributed by atoms with E-state index in [0.29, 0.717) is 11.3 Å². The maximum Gasteiger partial charge on any atom is 0.310 e. The van der Waals surface area contributed by atoms with Crippen molar-refractivity contribution >= 4 is 17.6 Å². The van der Waals surface area contributed by atoms with Gasteiger partial charge in [-0.2, -0.15) is 5.26 Å². The predicted octanol–water partition coefficient (Wildman–Crippen LogP) is 3.16. The summed E-state index contributed by atoms with van der Waals surface area (Å²) in [4.78, 5) is 23.8. The number of nitrogens with one attached hydrogen (secondary N) is 1. The van der Waals surface area contributed by atoms with Crippen molar-refractivity contribution in [1.82, 2.24) is 0 Å². The summed E-state index contributed by atoms with van der Waals surface area (Å²) in [5, 5.41) is 11.4. The van der Waals surface area contributed by atoms with Gasteiger partial charge in [0.15, 0.2) is 6.61 Å². The van der Waals surface area contributed by atoms with Crippen LogP contribution in [-0.4, -0.2) is 18.5 Å². The average molecular weight is 348 g/mol. The van der Waals surface area contributed by atoms with Crippen molar-refractivity contribution in [2.24, 2.45) is 0 Å². The van der Waals surface area contributed by atoms with Gasteiger partial charge in [0.2, 0.25) is 0 Å². The standard InChI is InChI=1S/C21H20N2O3/c22-13-15-6-9-19(10-7-15)23-20(24)14-26-21(25)12-16-5-8-17-3-1-2-4-18(17)11-16/h5-11H,1-4,12,14H2,(H,23,24). The zero-order valence-corrected chi connectivity index (χ0v) is 14.5. The molecule has 26 heavy (non-hydrogen) atoms. The summed E-state index contributed by atoms with van der Waals surface area (Å²) in [5.74, 6) is -0.829. The van der Waals surface area contributed by atoms with E-state index in [1.165, 1.54) is 24.0 Å². The lowest BCUT2D eigenvalue weighted by atomic mass is 9.90. The van der Waals surface area contributed by atoms with Crippen molar-refractivity contribution in [1.29, 1.82) is 5.26 Å². The van der Waals surface area contributed by atoms with Crippen LogP contribution in [0.25, 0.3) is 0 Å². The van der Waals surface area contributed by atoms with E-state index in [1.54, 1.807) is 24.3 Å². The van der Waals surface area contributed by atoms with Gasteiger partial charge in [-0.3, -0.25) is 9.59 Å². The van der Waals surface area contributed by atoms with Crippen LogP contribution in [0.15, 0.2) is 42.5 Å². The first-order chi connectivity index (χ1) is 12.6. The molecule has 2 aromatic carbocycles. The zero-order chi connectivity index (χ0) is 18.4. The largest absolute Gasteiger partial charge is 0.455 e. The first-order valence-corrected chi connectivity index (χ1v) is 8.70. The molecule has 2 aromatic rings. The predicted molar refractivity (Wildman–Crippen MR) is 97.5 cm³/mol. The second-order valence-electron chi connectivity index (χ2n) is 6.38. The number of hydrogen-bond acceptors (Lipinski definition) is 4. The Hall–Kier alpha value is -3.13. The molecule has 0 bridgehead atoms. The number of hydrogen-bond donors (Lipinski definition) is 1. The molecule has 0 aromatic heterocycles. The number of anilines is 1. The number of nitriles is 1. The average Bonchev–Trinajstić information content (AvgIpc) is 2.67. The van der Waals surface area contributed by atoms with Gasteiger partial charge in [-0.15, -0.1) is 0 Å². The third-order valence-electron chi connectivity index (χ3n) is 4.42. The normalized spacial score (nSPS) is 12.6. The summed E-state index contributed by atoms with van der Waals surface area (Å²) >= 11 is 0. The monoisotopic (exact) mass is 348 g/mol. The van der Waals surface area contributed by atoms with E-state index in [-0.39, 0.29) is 13.0 Å². The maximum absolute atomic E-state index is 12.0. The molecule has 0 fully saturated rings. The van der Waals surface area contributed by atoms with Gasteiger partial charge in [-0.05, 0) is 66.6 Å². The number of nitrogens with zero attached hydrogens (tertiary/aromatic N) is 1. The molecule has 5 nitrogen and oxygen atoms in total. The van der Waals surface area contributed by atoms with Gasteiger partial charge in [0.25, 0.3) is 5.91 Å². The zero-order valence-electron chi connectivity index (χ0n) is 14.5. The molecule has 0 unspecified atom stereocenters. The Morgan fingerprint density at radius 3 is 2.50 bits per heavy atom. The summed E-state index contributed by atoms with van der Waals surface area (Å²) in [5.41, 5.74) is 4.68. The highest BCUT2D eigenvalue weighted by molar-refractivity contribution is 5.92. The van der Waals surface area contributed by atoms with Crippen LogP contribution in [0.1, 0.15) is 35.1 Å². The van der Waals surface area contributed by atoms with Crippen LogP contribution in [0.5, 0.6) is 0 Å². The molecule has 1 aliphatic carbocycles. The minimum absolute atomic E-state index is 0.164. The molecule has 1 amide bonds. The van der Waals surface area contributed by atoms with Crippen molar-refractivity contribution in [3.63, 3.8) is 0 Å². The van der Waals surface area contributed by atoms with Gasteiger partial charge in [-0.1, -0.05) is 18.2 Å². The number of amides is 1. The third-order valence-corrected chi connectivity index (χ3v) is 4.42. The van der Waals surface area contributed by atoms with Gasteiger partial charge in [-0.25, -0.2) is 0 Å². The molecular weight excluding hydrogens is 328 g/mol. The van der Waals surface area contributed by atoms with E-state index in [2.05, 4.69) is 17.4 Å². The molecule has 0 radical (unpaired) electrons. The van der Waals surface area contributed by atoms with Gasteiger partial charge in [0.05, 0.1) is 18.1 Å². The van der Waals surface area contributed by atoms with Crippen LogP contribution < -0.4 is 5.32 Å². The second-order valence-corrected chi connectivity index (χ2v) is 6.38. The van der Waals surface area contributed by atoms with E-state index >= 15 is 0 Å². The van der Waals surface area contributed by atoms with E-state index in [1.807, 2.05) is 12.1 Å². The molecule has 0 spiro atoms. The molecule has 0 saturated carbocycles. The molecule has 0 aliphatic heterocycles. The Morgan fingerprint density at radius 1 is 1.04 bits per heavy atom. The number of esters is 1. The molecule has 1 N–H and O–H groups in total. The SMILES string of the molecule is N#Cc1ccc(NC(=O)COC(=O)Cc2ccc3c(c2)CCCC3)cc1. The van der Waals surface area contributed by atoms with Crippen molar-refractivity contribution in [3.8, 4) is 6.07 Å². The van der Waals surface area contributed by atoms with Crippen molar-refractivity contribution in [3.05, 3.63) is 64.7 Å². The number of carbonyl (C=O) groups is 2. The van der Waals surface area contributed by atoms with E-state index in [9.17, 15) is 9.59 Å².